The Hall–Kier alpha value is -5.13. The smallest absolute Gasteiger partial charge is 0.410 e. The Labute approximate surface area is 407 Å². The van der Waals surface area contributed by atoms with Gasteiger partial charge in [-0.2, -0.15) is 0 Å². The summed E-state index contributed by atoms with van der Waals surface area (Å²) in [6, 6.07) is 13.6. The van der Waals surface area contributed by atoms with Gasteiger partial charge in [0.15, 0.2) is 0 Å². The van der Waals surface area contributed by atoms with Gasteiger partial charge in [0.05, 0.1) is 16.9 Å². The number of piperidine rings is 3. The van der Waals surface area contributed by atoms with E-state index in [1.807, 2.05) is 86.2 Å². The Balaban J connectivity index is 0.000000176. The van der Waals surface area contributed by atoms with Crippen molar-refractivity contribution in [1.29, 1.82) is 0 Å². The zero-order valence-corrected chi connectivity index (χ0v) is 42.0. The van der Waals surface area contributed by atoms with E-state index in [4.69, 9.17) is 10.5 Å². The topological polar surface area (TPSA) is 190 Å². The van der Waals surface area contributed by atoms with Gasteiger partial charge in [-0.1, -0.05) is 12.1 Å². The highest BCUT2D eigenvalue weighted by atomic mass is 32.1. The molecule has 3 spiro atoms. The highest BCUT2D eigenvalue weighted by Gasteiger charge is 2.47. The summed E-state index contributed by atoms with van der Waals surface area (Å²) in [5.41, 5.74) is 8.52. The molecule has 0 radical (unpaired) electrons. The van der Waals surface area contributed by atoms with Crippen LogP contribution in [-0.4, -0.2) is 138 Å². The van der Waals surface area contributed by atoms with Crippen molar-refractivity contribution in [3.8, 4) is 10.4 Å². The summed E-state index contributed by atoms with van der Waals surface area (Å²) in [6.45, 7) is 19.5. The number of rotatable bonds is 6. The predicted molar refractivity (Wildman–Crippen MR) is 272 cm³/mol. The second-order valence-corrected chi connectivity index (χ2v) is 21.2. The minimum atomic E-state index is -0.395. The Morgan fingerprint density at radius 1 is 0.721 bits per heavy atom. The highest BCUT2D eigenvalue weighted by Crippen LogP contribution is 2.41. The van der Waals surface area contributed by atoms with Crippen LogP contribution in [0.1, 0.15) is 122 Å². The third kappa shape index (κ3) is 12.0. The number of nitrogens with two attached hydrogens (primary N) is 1. The second kappa shape index (κ2) is 22.5. The summed E-state index contributed by atoms with van der Waals surface area (Å²) in [5, 5.41) is 17.6. The first-order chi connectivity index (χ1) is 32.7. The number of pyridine rings is 1. The van der Waals surface area contributed by atoms with Crippen LogP contribution < -0.4 is 37.2 Å². The molecule has 2 aromatic heterocycles. The number of likely N-dealkylation sites (tertiary alicyclic amines) is 3. The number of ether oxygens (including phenoxy) is 1. The molecule has 17 heteroatoms. The molecule has 372 valence electrons. The third-order valence-electron chi connectivity index (χ3n) is 14.8. The van der Waals surface area contributed by atoms with Gasteiger partial charge in [-0.15, -0.1) is 11.3 Å². The van der Waals surface area contributed by atoms with E-state index in [9.17, 15) is 19.2 Å². The van der Waals surface area contributed by atoms with Gasteiger partial charge in [0, 0.05) is 73.5 Å². The van der Waals surface area contributed by atoms with Crippen LogP contribution in [0.2, 0.25) is 0 Å². The molecule has 7 N–H and O–H groups in total. The molecule has 6 saturated heterocycles. The average molecular weight is 956 g/mol. The lowest BCUT2D eigenvalue weighted by atomic mass is 9.85. The Bertz CT molecular complexity index is 2140. The lowest BCUT2D eigenvalue weighted by Crippen LogP contribution is -2.56. The molecule has 0 bridgehead atoms. The van der Waals surface area contributed by atoms with E-state index in [0.29, 0.717) is 23.5 Å². The lowest BCUT2D eigenvalue weighted by molar-refractivity contribution is 0.00201. The van der Waals surface area contributed by atoms with E-state index in [-0.39, 0.29) is 40.7 Å². The molecular weight excluding hydrogens is 879 g/mol. The van der Waals surface area contributed by atoms with Crippen LogP contribution in [0.5, 0.6) is 0 Å². The van der Waals surface area contributed by atoms with Gasteiger partial charge in [-0.25, -0.2) is 19.4 Å². The van der Waals surface area contributed by atoms with Gasteiger partial charge in [-0.05, 0) is 179 Å². The summed E-state index contributed by atoms with van der Waals surface area (Å²) < 4.78 is 5.52. The number of hydrogen-bond acceptors (Lipinski definition) is 11. The normalized spacial score (nSPS) is 20.3. The molecule has 3 aromatic rings. The van der Waals surface area contributed by atoms with Crippen molar-refractivity contribution in [2.24, 2.45) is 0 Å². The fraction of sp³-hybridized carbons (Fsp3) is 0.627. The molecule has 0 unspecified atom stereocenters. The Morgan fingerprint density at radius 3 is 1.76 bits per heavy atom. The maximum atomic E-state index is 12.9. The van der Waals surface area contributed by atoms with E-state index < -0.39 is 5.60 Å². The first kappa shape index (κ1) is 50.7. The minimum Gasteiger partial charge on any atom is -0.444 e. The number of benzene rings is 1. The zero-order chi connectivity index (χ0) is 48.4. The second-order valence-electron chi connectivity index (χ2n) is 20.2. The van der Waals surface area contributed by atoms with Crippen LogP contribution in [0.3, 0.4) is 0 Å². The number of anilines is 3. The van der Waals surface area contributed by atoms with Crippen molar-refractivity contribution >= 4 is 52.6 Å². The average Bonchev–Trinajstić information content (AvgIpc) is 4.17. The quantitative estimate of drug-likeness (QED) is 0.133. The fourth-order valence-electron chi connectivity index (χ4n) is 11.2. The van der Waals surface area contributed by atoms with Crippen molar-refractivity contribution in [1.82, 2.24) is 41.0 Å². The molecular formula is C51H77N11O5S. The molecule has 8 heterocycles. The SMILES string of the molecule is CC(C)(C)OC(=O)N1CCCC12CCNCC2.CCNC(=O)N1CCCC12CCN(c1ccc(C(=O)Nc3cc(-c4cccs4)ccc3N)cn1)CC2.CCNC(=O)N1CCCC12CCNCC2. The number of nitrogen functional groups attached to an aromatic ring is 1. The van der Waals surface area contributed by atoms with Gasteiger partial charge in [-0.3, -0.25) is 4.79 Å². The highest BCUT2D eigenvalue weighted by molar-refractivity contribution is 7.13. The molecule has 0 saturated carbocycles. The largest absolute Gasteiger partial charge is 0.444 e. The van der Waals surface area contributed by atoms with Crippen LogP contribution >= 0.6 is 11.3 Å². The maximum absolute atomic E-state index is 12.9. The number of thiophene rings is 1. The molecule has 9 rings (SSSR count). The molecule has 6 fully saturated rings. The molecule has 0 aliphatic carbocycles. The Kier molecular flexibility index (Phi) is 16.8. The first-order valence-corrected chi connectivity index (χ1v) is 26.1. The number of aromatic nitrogens is 1. The summed E-state index contributed by atoms with van der Waals surface area (Å²) >= 11 is 1.64. The summed E-state index contributed by atoms with van der Waals surface area (Å²) in [7, 11) is 0. The number of carbonyl (C=O) groups is 4. The molecule has 6 aliphatic rings. The van der Waals surface area contributed by atoms with Gasteiger partial charge in [0.1, 0.15) is 11.4 Å². The van der Waals surface area contributed by atoms with E-state index in [1.54, 1.807) is 23.6 Å². The van der Waals surface area contributed by atoms with Crippen LogP contribution in [0.15, 0.2) is 54.0 Å². The maximum Gasteiger partial charge on any atom is 0.410 e. The number of amides is 6. The van der Waals surface area contributed by atoms with Crippen molar-refractivity contribution in [2.45, 2.75) is 134 Å². The van der Waals surface area contributed by atoms with E-state index in [1.165, 1.54) is 6.42 Å². The molecule has 68 heavy (non-hydrogen) atoms. The third-order valence-corrected chi connectivity index (χ3v) is 15.7. The van der Waals surface area contributed by atoms with Gasteiger partial charge < -0.3 is 56.7 Å². The van der Waals surface area contributed by atoms with Gasteiger partial charge in [0.2, 0.25) is 0 Å². The monoisotopic (exact) mass is 956 g/mol. The summed E-state index contributed by atoms with van der Waals surface area (Å²) in [6.07, 6.45) is 14.4. The van der Waals surface area contributed by atoms with Gasteiger partial charge in [0.25, 0.3) is 5.91 Å². The summed E-state index contributed by atoms with van der Waals surface area (Å²) in [5.74, 6) is 0.605. The molecule has 6 amide bonds. The van der Waals surface area contributed by atoms with Gasteiger partial charge >= 0.3 is 18.2 Å². The van der Waals surface area contributed by atoms with E-state index in [2.05, 4.69) is 41.4 Å². The standard InChI is InChI=1S/C27H32N6O2S.C13H24N2O2.C11H21N3O/c1-2-29-26(35)33-13-4-10-27(33)11-14-32(15-12-27)24-9-7-20(18-30-24)25(34)31-22-17-19(6-8-21(22)28)23-5-3-16-36-23;1-12(2,3)17-11(16)15-10-4-5-13(15)6-8-14-9-7-13;1-2-13-10(15)14-9-3-4-11(14)5-7-12-8-6-11/h3,5-9,16-18H,2,4,10-15,28H2,1H3,(H,29,35)(H,31,34);14H,4-10H2,1-3H3;12H,2-9H2,1H3,(H,13,15). The lowest BCUT2D eigenvalue weighted by Gasteiger charge is -2.45. The van der Waals surface area contributed by atoms with Crippen molar-refractivity contribution in [3.05, 3.63) is 59.6 Å². The number of nitrogens with one attached hydrogen (secondary N) is 5. The zero-order valence-electron chi connectivity index (χ0n) is 41.2. The number of urea groups is 2. The molecule has 6 aliphatic heterocycles. The fourth-order valence-corrected chi connectivity index (χ4v) is 11.9. The molecule has 16 nitrogen and oxygen atoms in total. The van der Waals surface area contributed by atoms with Crippen LogP contribution in [0, 0.1) is 0 Å². The van der Waals surface area contributed by atoms with Crippen molar-refractivity contribution in [3.63, 3.8) is 0 Å². The molecule has 1 aromatic carbocycles. The first-order valence-electron chi connectivity index (χ1n) is 25.2. The van der Waals surface area contributed by atoms with Crippen molar-refractivity contribution in [2.75, 3.05) is 87.9 Å². The van der Waals surface area contributed by atoms with Crippen LogP contribution in [0.4, 0.5) is 31.6 Å². The van der Waals surface area contributed by atoms with E-state index >= 15 is 0 Å². The van der Waals surface area contributed by atoms with E-state index in [0.717, 1.165) is 152 Å². The van der Waals surface area contributed by atoms with Crippen LogP contribution in [0.25, 0.3) is 10.4 Å². The predicted octanol–water partition coefficient (Wildman–Crippen LogP) is 7.88. The van der Waals surface area contributed by atoms with Crippen molar-refractivity contribution < 1.29 is 23.9 Å². The summed E-state index contributed by atoms with van der Waals surface area (Å²) in [4.78, 5) is 63.6. The Morgan fingerprint density at radius 2 is 1.26 bits per heavy atom. The number of hydrogen-bond donors (Lipinski definition) is 6. The number of carbonyl (C=O) groups excluding carboxylic acids is 4. The minimum absolute atomic E-state index is 0.0485. The number of nitrogens with zero attached hydrogens (tertiary/aromatic N) is 5. The molecule has 0 atom stereocenters. The van der Waals surface area contributed by atoms with Crippen LogP contribution in [-0.2, 0) is 4.74 Å².